The van der Waals surface area contributed by atoms with E-state index >= 15 is 0 Å². The van der Waals surface area contributed by atoms with E-state index in [0.717, 1.165) is 24.7 Å². The molecule has 1 atom stereocenters. The van der Waals surface area contributed by atoms with Gasteiger partial charge in [0.25, 0.3) is 0 Å². The Morgan fingerprint density at radius 2 is 2.22 bits per heavy atom. The molecule has 0 N–H and O–H groups in total. The van der Waals surface area contributed by atoms with Crippen molar-refractivity contribution in [2.45, 2.75) is 26.7 Å². The minimum absolute atomic E-state index is 0.699. The third-order valence-corrected chi connectivity index (χ3v) is 1.91. The van der Waals surface area contributed by atoms with Gasteiger partial charge in [-0.2, -0.15) is 0 Å². The van der Waals surface area contributed by atoms with Crippen molar-refractivity contribution in [3.63, 3.8) is 0 Å². The van der Waals surface area contributed by atoms with Crippen LogP contribution in [0.25, 0.3) is 0 Å². The molecule has 0 spiro atoms. The second-order valence-corrected chi connectivity index (χ2v) is 2.94. The molecule has 1 unspecified atom stereocenters. The number of carbonyl (C=O) groups excluding carboxylic acids is 1. The average Bonchev–Trinajstić information content (AvgIpc) is 2.10. The molecule has 0 saturated heterocycles. The van der Waals surface area contributed by atoms with Gasteiger partial charge in [-0.15, -0.1) is 0 Å². The van der Waals surface area contributed by atoms with Crippen LogP contribution in [0.1, 0.15) is 26.7 Å². The number of aldehydes is 1. The predicted octanol–water partition coefficient (Wildman–Crippen LogP) is 1.93. The quantitative estimate of drug-likeness (QED) is 0.488. The van der Waals surface area contributed by atoms with Crippen LogP contribution < -0.4 is 0 Å². The van der Waals surface area contributed by atoms with Gasteiger partial charge in [0.15, 0.2) is 0 Å². The van der Waals surface area contributed by atoms with E-state index in [9.17, 15) is 4.79 Å². The Bertz CT molecular complexity index is 156. The van der Waals surface area contributed by atoms with Gasteiger partial charge < -0.3 is 0 Å². The van der Waals surface area contributed by atoms with Crippen LogP contribution in [0.2, 0.25) is 0 Å². The van der Waals surface area contributed by atoms with Crippen molar-refractivity contribution < 1.29 is 4.79 Å². The highest BCUT2D eigenvalue weighted by Crippen LogP contribution is 2.28. The molecule has 1 aliphatic carbocycles. The molecular formula is C8H12O. The Kier molecular flexibility index (Phi) is 1.70. The molecule has 0 fully saturated rings. The molecule has 1 rings (SSSR count). The summed E-state index contributed by atoms with van der Waals surface area (Å²) in [6.07, 6.45) is 3.11. The van der Waals surface area contributed by atoms with E-state index in [1.807, 2.05) is 6.92 Å². The molecule has 0 saturated carbocycles. The fraction of sp³-hybridized carbons (Fsp3) is 0.625. The summed E-state index contributed by atoms with van der Waals surface area (Å²) in [4.78, 5) is 10.3. The van der Waals surface area contributed by atoms with Crippen LogP contribution in [0.4, 0.5) is 0 Å². The normalized spacial score (nSPS) is 27.1. The zero-order chi connectivity index (χ0) is 6.85. The zero-order valence-corrected chi connectivity index (χ0v) is 5.98. The maximum Gasteiger partial charge on any atom is 0.145 e. The summed E-state index contributed by atoms with van der Waals surface area (Å²) in [5.41, 5.74) is 2.32. The van der Waals surface area contributed by atoms with Gasteiger partial charge in [-0.3, -0.25) is 4.79 Å². The molecule has 0 aliphatic heterocycles. The van der Waals surface area contributed by atoms with E-state index in [0.29, 0.717) is 5.92 Å². The fourth-order valence-corrected chi connectivity index (χ4v) is 1.42. The molecule has 0 aromatic carbocycles. The van der Waals surface area contributed by atoms with Crippen LogP contribution in [-0.4, -0.2) is 6.29 Å². The number of rotatable bonds is 1. The maximum atomic E-state index is 10.3. The second kappa shape index (κ2) is 2.34. The van der Waals surface area contributed by atoms with Crippen molar-refractivity contribution in [3.05, 3.63) is 11.1 Å². The lowest BCUT2D eigenvalue weighted by Gasteiger charge is -1.95. The van der Waals surface area contributed by atoms with Gasteiger partial charge in [-0.1, -0.05) is 12.5 Å². The summed E-state index contributed by atoms with van der Waals surface area (Å²) >= 11 is 0. The Hall–Kier alpha value is -0.590. The van der Waals surface area contributed by atoms with Gasteiger partial charge in [0, 0.05) is 0 Å². The van der Waals surface area contributed by atoms with E-state index < -0.39 is 0 Å². The summed E-state index contributed by atoms with van der Waals surface area (Å²) in [6, 6.07) is 0. The summed E-state index contributed by atoms with van der Waals surface area (Å²) in [5.74, 6) is 0.699. The van der Waals surface area contributed by atoms with Gasteiger partial charge in [-0.05, 0) is 31.3 Å². The van der Waals surface area contributed by atoms with Gasteiger partial charge >= 0.3 is 0 Å². The maximum absolute atomic E-state index is 10.3. The third kappa shape index (κ3) is 1.21. The molecule has 0 bridgehead atoms. The van der Waals surface area contributed by atoms with Crippen molar-refractivity contribution in [1.29, 1.82) is 0 Å². The standard InChI is InChI=1S/C8H12O/c1-6-3-7(2)8(4-6)5-9/h5-6H,3-4H2,1-2H3. The summed E-state index contributed by atoms with van der Waals surface area (Å²) < 4.78 is 0. The van der Waals surface area contributed by atoms with Crippen LogP contribution in [0.15, 0.2) is 11.1 Å². The third-order valence-electron chi connectivity index (χ3n) is 1.91. The Labute approximate surface area is 55.8 Å². The Balaban J connectivity index is 2.69. The molecule has 1 aliphatic rings. The number of hydrogen-bond acceptors (Lipinski definition) is 1. The van der Waals surface area contributed by atoms with Crippen LogP contribution in [-0.2, 0) is 4.79 Å². The predicted molar refractivity (Wildman–Crippen MR) is 37.2 cm³/mol. The van der Waals surface area contributed by atoms with Crippen LogP contribution in [0.3, 0.4) is 0 Å². The first-order valence-electron chi connectivity index (χ1n) is 3.38. The molecule has 0 radical (unpaired) electrons. The van der Waals surface area contributed by atoms with Gasteiger partial charge in [-0.25, -0.2) is 0 Å². The fourth-order valence-electron chi connectivity index (χ4n) is 1.42. The molecule has 0 aromatic heterocycles. The second-order valence-electron chi connectivity index (χ2n) is 2.94. The average molecular weight is 124 g/mol. The van der Waals surface area contributed by atoms with E-state index in [1.54, 1.807) is 0 Å². The van der Waals surface area contributed by atoms with Crippen LogP contribution >= 0.6 is 0 Å². The van der Waals surface area contributed by atoms with Crippen molar-refractivity contribution in [3.8, 4) is 0 Å². The van der Waals surface area contributed by atoms with Crippen LogP contribution in [0.5, 0.6) is 0 Å². The molecule has 50 valence electrons. The van der Waals surface area contributed by atoms with Crippen molar-refractivity contribution >= 4 is 6.29 Å². The van der Waals surface area contributed by atoms with E-state index in [2.05, 4.69) is 6.92 Å². The van der Waals surface area contributed by atoms with Crippen molar-refractivity contribution in [1.82, 2.24) is 0 Å². The SMILES string of the molecule is CC1=C(C=O)CC(C)C1. The van der Waals surface area contributed by atoms with Crippen LogP contribution in [0, 0.1) is 5.92 Å². The first-order valence-corrected chi connectivity index (χ1v) is 3.38. The molecular weight excluding hydrogens is 112 g/mol. The Morgan fingerprint density at radius 1 is 1.56 bits per heavy atom. The van der Waals surface area contributed by atoms with E-state index in [-0.39, 0.29) is 0 Å². The number of carbonyl (C=O) groups is 1. The highest BCUT2D eigenvalue weighted by molar-refractivity contribution is 5.75. The van der Waals surface area contributed by atoms with Crippen molar-refractivity contribution in [2.75, 3.05) is 0 Å². The molecule has 1 heteroatoms. The summed E-state index contributed by atoms with van der Waals surface area (Å²) in [6.45, 7) is 4.23. The minimum Gasteiger partial charge on any atom is -0.298 e. The lowest BCUT2D eigenvalue weighted by molar-refractivity contribution is -0.105. The van der Waals surface area contributed by atoms with E-state index in [1.165, 1.54) is 5.57 Å². The van der Waals surface area contributed by atoms with Gasteiger partial charge in [0.05, 0.1) is 0 Å². The van der Waals surface area contributed by atoms with Gasteiger partial charge in [0.2, 0.25) is 0 Å². The van der Waals surface area contributed by atoms with Crippen molar-refractivity contribution in [2.24, 2.45) is 5.92 Å². The first-order chi connectivity index (χ1) is 4.24. The lowest BCUT2D eigenvalue weighted by Crippen LogP contribution is -1.85. The topological polar surface area (TPSA) is 17.1 Å². The highest BCUT2D eigenvalue weighted by Gasteiger charge is 2.16. The number of hydrogen-bond donors (Lipinski definition) is 0. The largest absolute Gasteiger partial charge is 0.298 e. The van der Waals surface area contributed by atoms with Gasteiger partial charge in [0.1, 0.15) is 6.29 Å². The monoisotopic (exact) mass is 124 g/mol. The number of allylic oxidation sites excluding steroid dienone is 2. The zero-order valence-electron chi connectivity index (χ0n) is 5.98. The highest BCUT2D eigenvalue weighted by atomic mass is 16.1. The molecule has 0 heterocycles. The summed E-state index contributed by atoms with van der Waals surface area (Å²) in [7, 11) is 0. The summed E-state index contributed by atoms with van der Waals surface area (Å²) in [5, 5.41) is 0. The first kappa shape index (κ1) is 6.53. The molecule has 9 heavy (non-hydrogen) atoms. The smallest absolute Gasteiger partial charge is 0.145 e. The molecule has 1 nitrogen and oxygen atoms in total. The lowest BCUT2D eigenvalue weighted by atomic mass is 10.1. The minimum atomic E-state index is 0.699. The molecule has 0 aromatic rings. The molecule has 0 amide bonds. The van der Waals surface area contributed by atoms with E-state index in [4.69, 9.17) is 0 Å². The Morgan fingerprint density at radius 3 is 2.44 bits per heavy atom.